The average Bonchev–Trinajstić information content (AvgIpc) is 3.11. The maximum atomic E-state index is 12.7. The van der Waals surface area contributed by atoms with Crippen molar-refractivity contribution in [3.63, 3.8) is 0 Å². The Hall–Kier alpha value is -1.34. The van der Waals surface area contributed by atoms with E-state index in [9.17, 15) is 8.42 Å². The zero-order valence-corrected chi connectivity index (χ0v) is 15.6. The summed E-state index contributed by atoms with van der Waals surface area (Å²) in [5, 5.41) is 4.43. The van der Waals surface area contributed by atoms with Gasteiger partial charge in [0.15, 0.2) is 0 Å². The van der Waals surface area contributed by atoms with Crippen LogP contribution in [0.5, 0.6) is 0 Å². The molecule has 3 rings (SSSR count). The number of aromatic nitrogens is 2. The fraction of sp³-hybridized carbons (Fsp3) is 0.438. The van der Waals surface area contributed by atoms with Gasteiger partial charge in [0.05, 0.1) is 17.4 Å². The first-order valence-corrected chi connectivity index (χ1v) is 9.99. The summed E-state index contributed by atoms with van der Waals surface area (Å²) in [6.45, 7) is 3.62. The van der Waals surface area contributed by atoms with E-state index in [4.69, 9.17) is 0 Å². The first-order valence-electron chi connectivity index (χ1n) is 7.71. The largest absolute Gasteiger partial charge is 0.279 e. The van der Waals surface area contributed by atoms with Gasteiger partial charge in [0, 0.05) is 10.7 Å². The Balaban J connectivity index is 1.90. The van der Waals surface area contributed by atoms with Gasteiger partial charge in [-0.1, -0.05) is 28.8 Å². The summed E-state index contributed by atoms with van der Waals surface area (Å²) in [5.74, 6) is 0. The molecule has 23 heavy (non-hydrogen) atoms. The quantitative estimate of drug-likeness (QED) is 0.841. The number of hydrogen-bond acceptors (Lipinski definition) is 3. The molecule has 1 aromatic heterocycles. The van der Waals surface area contributed by atoms with E-state index in [2.05, 4.69) is 25.8 Å². The third kappa shape index (κ3) is 3.45. The molecule has 0 atom stereocenters. The first-order chi connectivity index (χ1) is 10.9. The van der Waals surface area contributed by atoms with E-state index in [0.29, 0.717) is 17.4 Å². The molecule has 7 heteroatoms. The van der Waals surface area contributed by atoms with Crippen molar-refractivity contribution in [2.45, 2.75) is 50.5 Å². The predicted molar refractivity (Wildman–Crippen MR) is 94.2 cm³/mol. The van der Waals surface area contributed by atoms with E-state index in [-0.39, 0.29) is 4.90 Å². The van der Waals surface area contributed by atoms with Crippen LogP contribution in [0.3, 0.4) is 0 Å². The number of nitrogens with zero attached hydrogens (tertiary/aromatic N) is 2. The Kier molecular flexibility index (Phi) is 4.51. The molecule has 1 aromatic carbocycles. The molecular formula is C16H20BrN3O2S. The van der Waals surface area contributed by atoms with Gasteiger partial charge in [-0.2, -0.15) is 5.10 Å². The van der Waals surface area contributed by atoms with Gasteiger partial charge >= 0.3 is 0 Å². The molecule has 5 nitrogen and oxygen atoms in total. The summed E-state index contributed by atoms with van der Waals surface area (Å²) in [4.78, 5) is 0.256. The molecule has 0 saturated heterocycles. The summed E-state index contributed by atoms with van der Waals surface area (Å²) >= 11 is 3.38. The third-order valence-corrected chi connectivity index (χ3v) is 6.25. The monoisotopic (exact) mass is 397 g/mol. The SMILES string of the molecule is Cc1cc(Br)ccc1NS(=O)(=O)c1cn(C2CCCC2)nc1C. The second-order valence-electron chi connectivity index (χ2n) is 6.06. The molecular weight excluding hydrogens is 378 g/mol. The van der Waals surface area contributed by atoms with Crippen molar-refractivity contribution in [3.05, 3.63) is 40.1 Å². The zero-order valence-electron chi connectivity index (χ0n) is 13.2. The number of aryl methyl sites for hydroxylation is 2. The van der Waals surface area contributed by atoms with Gasteiger partial charge in [0.2, 0.25) is 0 Å². The number of nitrogens with one attached hydrogen (secondary N) is 1. The minimum atomic E-state index is -3.64. The second-order valence-corrected chi connectivity index (χ2v) is 8.63. The van der Waals surface area contributed by atoms with Crippen LogP contribution in [0.2, 0.25) is 0 Å². The van der Waals surface area contributed by atoms with Gasteiger partial charge < -0.3 is 0 Å². The molecule has 124 valence electrons. The smallest absolute Gasteiger partial charge is 0.265 e. The lowest BCUT2D eigenvalue weighted by atomic mass is 10.2. The fourth-order valence-corrected chi connectivity index (χ4v) is 4.81. The minimum absolute atomic E-state index is 0.256. The van der Waals surface area contributed by atoms with E-state index in [1.165, 1.54) is 12.8 Å². The van der Waals surface area contributed by atoms with Crippen molar-refractivity contribution in [3.8, 4) is 0 Å². The molecule has 0 spiro atoms. The molecule has 1 heterocycles. The molecule has 1 saturated carbocycles. The summed E-state index contributed by atoms with van der Waals surface area (Å²) in [6, 6.07) is 5.78. The number of anilines is 1. The average molecular weight is 398 g/mol. The molecule has 0 radical (unpaired) electrons. The van der Waals surface area contributed by atoms with E-state index >= 15 is 0 Å². The van der Waals surface area contributed by atoms with E-state index in [1.807, 2.05) is 23.7 Å². The van der Waals surface area contributed by atoms with Crippen LogP contribution in [0, 0.1) is 13.8 Å². The number of rotatable bonds is 4. The highest BCUT2D eigenvalue weighted by molar-refractivity contribution is 9.10. The van der Waals surface area contributed by atoms with Crippen LogP contribution in [-0.2, 0) is 10.0 Å². The van der Waals surface area contributed by atoms with Crippen molar-refractivity contribution in [1.29, 1.82) is 0 Å². The van der Waals surface area contributed by atoms with Crippen molar-refractivity contribution >= 4 is 31.6 Å². The van der Waals surface area contributed by atoms with E-state index in [1.54, 1.807) is 19.2 Å². The molecule has 1 aliphatic rings. The lowest BCUT2D eigenvalue weighted by Gasteiger charge is -2.10. The van der Waals surface area contributed by atoms with Gasteiger partial charge in [0.25, 0.3) is 10.0 Å². The van der Waals surface area contributed by atoms with E-state index in [0.717, 1.165) is 22.9 Å². The second kappa shape index (κ2) is 6.28. The Bertz CT molecular complexity index is 824. The summed E-state index contributed by atoms with van der Waals surface area (Å²) in [5.41, 5.74) is 1.99. The Labute approximate surface area is 145 Å². The maximum absolute atomic E-state index is 12.7. The van der Waals surface area contributed by atoms with Crippen molar-refractivity contribution in [2.24, 2.45) is 0 Å². The summed E-state index contributed by atoms with van der Waals surface area (Å²) in [6.07, 6.45) is 6.17. The first kappa shape index (κ1) is 16.5. The standard InChI is InChI=1S/C16H20BrN3O2S/c1-11-9-13(17)7-8-15(11)19-23(21,22)16-10-20(18-12(16)2)14-5-3-4-6-14/h7-10,14,19H,3-6H2,1-2H3. The predicted octanol–water partition coefficient (Wildman–Crippen LogP) is 4.18. The number of hydrogen-bond donors (Lipinski definition) is 1. The molecule has 0 bridgehead atoms. The van der Waals surface area contributed by atoms with Crippen LogP contribution in [0.15, 0.2) is 33.8 Å². The fourth-order valence-electron chi connectivity index (χ4n) is 3.03. The number of benzene rings is 1. The summed E-state index contributed by atoms with van der Waals surface area (Å²) < 4.78 is 30.8. The van der Waals surface area contributed by atoms with Gasteiger partial charge in [-0.3, -0.25) is 9.40 Å². The Morgan fingerprint density at radius 2 is 1.96 bits per heavy atom. The molecule has 0 aliphatic heterocycles. The van der Waals surface area contributed by atoms with Crippen LogP contribution >= 0.6 is 15.9 Å². The topological polar surface area (TPSA) is 64.0 Å². The van der Waals surface area contributed by atoms with Crippen molar-refractivity contribution < 1.29 is 8.42 Å². The van der Waals surface area contributed by atoms with Crippen LogP contribution in [-0.4, -0.2) is 18.2 Å². The minimum Gasteiger partial charge on any atom is -0.279 e. The van der Waals surface area contributed by atoms with Gasteiger partial charge in [0.1, 0.15) is 4.90 Å². The highest BCUT2D eigenvalue weighted by Gasteiger charge is 2.25. The number of halogens is 1. The van der Waals surface area contributed by atoms with Gasteiger partial charge in [-0.15, -0.1) is 0 Å². The molecule has 0 unspecified atom stereocenters. The lowest BCUT2D eigenvalue weighted by Crippen LogP contribution is -2.14. The normalized spacial score (nSPS) is 16.0. The third-order valence-electron chi connectivity index (χ3n) is 4.29. The highest BCUT2D eigenvalue weighted by atomic mass is 79.9. The summed E-state index contributed by atoms with van der Waals surface area (Å²) in [7, 11) is -3.64. The van der Waals surface area contributed by atoms with Crippen molar-refractivity contribution in [2.75, 3.05) is 4.72 Å². The highest BCUT2D eigenvalue weighted by Crippen LogP contribution is 2.31. The van der Waals surface area contributed by atoms with Gasteiger partial charge in [-0.25, -0.2) is 8.42 Å². The number of sulfonamides is 1. The molecule has 1 fully saturated rings. The van der Waals surface area contributed by atoms with Crippen LogP contribution in [0.4, 0.5) is 5.69 Å². The molecule has 0 amide bonds. The molecule has 1 aliphatic carbocycles. The van der Waals surface area contributed by atoms with Crippen LogP contribution in [0.25, 0.3) is 0 Å². The van der Waals surface area contributed by atoms with Gasteiger partial charge in [-0.05, 0) is 50.5 Å². The van der Waals surface area contributed by atoms with E-state index < -0.39 is 10.0 Å². The molecule has 2 aromatic rings. The Morgan fingerprint density at radius 3 is 2.61 bits per heavy atom. The zero-order chi connectivity index (χ0) is 16.6. The molecule has 1 N–H and O–H groups in total. The van der Waals surface area contributed by atoms with Crippen molar-refractivity contribution in [1.82, 2.24) is 9.78 Å². The van der Waals surface area contributed by atoms with Crippen LogP contribution < -0.4 is 4.72 Å². The van der Waals surface area contributed by atoms with Crippen LogP contribution in [0.1, 0.15) is 43.0 Å². The Morgan fingerprint density at radius 1 is 1.26 bits per heavy atom. The maximum Gasteiger partial charge on any atom is 0.265 e. The lowest BCUT2D eigenvalue weighted by molar-refractivity contribution is 0.464.